The second-order valence-corrected chi connectivity index (χ2v) is 12.1. The van der Waals surface area contributed by atoms with Crippen LogP contribution in [0, 0.1) is 12.8 Å². The lowest BCUT2D eigenvalue weighted by Crippen LogP contribution is -2.71. The quantitative estimate of drug-likeness (QED) is 0.633. The predicted octanol–water partition coefficient (Wildman–Crippen LogP) is 4.75. The van der Waals surface area contributed by atoms with Crippen LogP contribution in [0.3, 0.4) is 0 Å². The first-order valence-electron chi connectivity index (χ1n) is 11.9. The third-order valence-corrected chi connectivity index (χ3v) is 8.43. The minimum Gasteiger partial charge on any atom is -0.465 e. The van der Waals surface area contributed by atoms with Crippen LogP contribution in [-0.4, -0.2) is 47.7 Å². The van der Waals surface area contributed by atoms with Gasteiger partial charge in [-0.05, 0) is 89.7 Å². The van der Waals surface area contributed by atoms with Gasteiger partial charge in [0.1, 0.15) is 5.82 Å². The first kappa shape index (κ1) is 22.4. The largest absolute Gasteiger partial charge is 0.465 e. The monoisotopic (exact) mass is 471 g/mol. The molecule has 2 aromatic heterocycles. The van der Waals surface area contributed by atoms with E-state index in [1.807, 2.05) is 23.7 Å². The number of carbonyl (C=O) groups excluding carboxylic acids is 1. The van der Waals surface area contributed by atoms with Crippen molar-refractivity contribution in [2.45, 2.75) is 95.7 Å². The molecule has 0 saturated heterocycles. The van der Waals surface area contributed by atoms with E-state index in [0.717, 1.165) is 60.7 Å². The Morgan fingerprint density at radius 1 is 1.27 bits per heavy atom. The molecule has 9 heteroatoms. The van der Waals surface area contributed by atoms with Gasteiger partial charge in [-0.1, -0.05) is 0 Å². The van der Waals surface area contributed by atoms with Gasteiger partial charge in [-0.25, -0.2) is 9.48 Å². The molecule has 4 fully saturated rings. The number of aromatic nitrogens is 3. The number of aryl methyl sites for hydroxylation is 1. The molecular formula is C24H33N5O3S. The van der Waals surface area contributed by atoms with E-state index >= 15 is 0 Å². The molecule has 2 atom stereocenters. The smallest absolute Gasteiger partial charge is 0.408 e. The Labute approximate surface area is 198 Å². The molecule has 2 aromatic rings. The standard InChI is InChI=1S/C24H33N5O3S/c1-14-7-18(33-27-14)9-21(30)25-20-10-19(26-29(20)23(2,3)4)16-5-6-17(8-16)28(22(31)32)24-11-15(12-24)13-24/h7,10,15-17H,5-6,8-9,11-13H2,1-4H3,(H,25,30)(H,31,32). The van der Waals surface area contributed by atoms with Crippen LogP contribution in [0.25, 0.3) is 0 Å². The van der Waals surface area contributed by atoms with Crippen LogP contribution in [0.15, 0.2) is 12.1 Å². The zero-order chi connectivity index (χ0) is 23.5. The van der Waals surface area contributed by atoms with E-state index in [0.29, 0.717) is 5.82 Å². The molecule has 6 rings (SSSR count). The molecule has 178 valence electrons. The lowest BCUT2D eigenvalue weighted by molar-refractivity contribution is -0.142. The van der Waals surface area contributed by atoms with Gasteiger partial charge in [-0.3, -0.25) is 9.69 Å². The molecule has 8 nitrogen and oxygen atoms in total. The third kappa shape index (κ3) is 4.05. The molecule has 2 amide bonds. The molecule has 4 aliphatic rings. The lowest BCUT2D eigenvalue weighted by Gasteiger charge is -2.66. The molecule has 0 aliphatic heterocycles. The summed E-state index contributed by atoms with van der Waals surface area (Å²) in [5, 5.41) is 17.9. The summed E-state index contributed by atoms with van der Waals surface area (Å²) in [5.74, 6) is 1.56. The first-order valence-corrected chi connectivity index (χ1v) is 12.7. The van der Waals surface area contributed by atoms with E-state index in [1.165, 1.54) is 11.5 Å². The van der Waals surface area contributed by atoms with Gasteiger partial charge in [0.15, 0.2) is 0 Å². The van der Waals surface area contributed by atoms with E-state index in [2.05, 4.69) is 30.5 Å². The highest BCUT2D eigenvalue weighted by Crippen LogP contribution is 2.62. The Morgan fingerprint density at radius 3 is 2.55 bits per heavy atom. The maximum atomic E-state index is 12.7. The maximum Gasteiger partial charge on any atom is 0.408 e. The van der Waals surface area contributed by atoms with E-state index in [-0.39, 0.29) is 35.4 Å². The molecule has 2 bridgehead atoms. The molecule has 2 heterocycles. The van der Waals surface area contributed by atoms with Crippen LogP contribution in [0.2, 0.25) is 0 Å². The minimum absolute atomic E-state index is 0.0566. The van der Waals surface area contributed by atoms with Crippen LogP contribution in [0.5, 0.6) is 0 Å². The highest BCUT2D eigenvalue weighted by Gasteiger charge is 2.63. The number of hydrogen-bond acceptors (Lipinski definition) is 5. The van der Waals surface area contributed by atoms with E-state index in [4.69, 9.17) is 5.10 Å². The third-order valence-electron chi connectivity index (χ3n) is 7.55. The topological polar surface area (TPSA) is 100 Å². The van der Waals surface area contributed by atoms with Gasteiger partial charge in [-0.15, -0.1) is 0 Å². The van der Waals surface area contributed by atoms with Gasteiger partial charge in [0.2, 0.25) is 5.91 Å². The van der Waals surface area contributed by atoms with E-state index in [9.17, 15) is 14.7 Å². The average Bonchev–Trinajstić information content (AvgIpc) is 3.35. The average molecular weight is 472 g/mol. The Kier molecular flexibility index (Phi) is 5.30. The van der Waals surface area contributed by atoms with E-state index in [1.54, 1.807) is 4.90 Å². The van der Waals surface area contributed by atoms with Gasteiger partial charge in [0, 0.05) is 28.4 Å². The zero-order valence-corrected chi connectivity index (χ0v) is 20.6. The van der Waals surface area contributed by atoms with Crippen molar-refractivity contribution in [3.8, 4) is 0 Å². The van der Waals surface area contributed by atoms with Crippen LogP contribution in [-0.2, 0) is 16.8 Å². The van der Waals surface area contributed by atoms with Gasteiger partial charge in [-0.2, -0.15) is 9.47 Å². The highest BCUT2D eigenvalue weighted by molar-refractivity contribution is 7.05. The fraction of sp³-hybridized carbons (Fsp3) is 0.667. The van der Waals surface area contributed by atoms with Crippen LogP contribution in [0.4, 0.5) is 10.6 Å². The van der Waals surface area contributed by atoms with Crippen molar-refractivity contribution >= 4 is 29.4 Å². The number of rotatable bonds is 6. The van der Waals surface area contributed by atoms with Crippen LogP contribution >= 0.6 is 11.5 Å². The normalized spacial score (nSPS) is 28.2. The van der Waals surface area contributed by atoms with Gasteiger partial charge in [0.25, 0.3) is 0 Å². The maximum absolute atomic E-state index is 12.7. The summed E-state index contributed by atoms with van der Waals surface area (Å²) < 4.78 is 6.14. The SMILES string of the molecule is Cc1cc(CC(=O)Nc2cc(C3CCC(N(C(=O)O)C45CC(C4)C5)C3)nn2C(C)(C)C)sn1. The van der Waals surface area contributed by atoms with Gasteiger partial charge >= 0.3 is 6.09 Å². The van der Waals surface area contributed by atoms with Crippen LogP contribution in [0.1, 0.15) is 81.5 Å². The van der Waals surface area contributed by atoms with Gasteiger partial charge < -0.3 is 10.4 Å². The summed E-state index contributed by atoms with van der Waals surface area (Å²) in [6.07, 6.45) is 5.22. The fourth-order valence-electron chi connectivity index (χ4n) is 5.98. The lowest BCUT2D eigenvalue weighted by atomic mass is 9.49. The van der Waals surface area contributed by atoms with Crippen molar-refractivity contribution < 1.29 is 14.7 Å². The highest BCUT2D eigenvalue weighted by atomic mass is 32.1. The molecule has 0 spiro atoms. The van der Waals surface area contributed by atoms with Crippen molar-refractivity contribution in [3.05, 3.63) is 28.4 Å². The zero-order valence-electron chi connectivity index (χ0n) is 19.8. The van der Waals surface area contributed by atoms with Crippen molar-refractivity contribution in [1.82, 2.24) is 19.1 Å². The molecule has 33 heavy (non-hydrogen) atoms. The number of amides is 2. The second-order valence-electron chi connectivity index (χ2n) is 11.2. The number of anilines is 1. The number of nitrogens with one attached hydrogen (secondary N) is 1. The van der Waals surface area contributed by atoms with Crippen LogP contribution < -0.4 is 5.32 Å². The Morgan fingerprint density at radius 2 is 2.00 bits per heavy atom. The summed E-state index contributed by atoms with van der Waals surface area (Å²) in [6, 6.07) is 3.98. The minimum atomic E-state index is -0.773. The summed E-state index contributed by atoms with van der Waals surface area (Å²) in [6.45, 7) is 8.13. The number of carboxylic acid groups (broad SMARTS) is 1. The molecule has 0 aromatic carbocycles. The Balaban J connectivity index is 1.32. The number of nitrogens with zero attached hydrogens (tertiary/aromatic N) is 4. The second kappa shape index (κ2) is 7.82. The van der Waals surface area contributed by atoms with Crippen molar-refractivity contribution in [2.24, 2.45) is 5.92 Å². The van der Waals surface area contributed by atoms with Crippen molar-refractivity contribution in [3.63, 3.8) is 0 Å². The molecule has 4 aliphatic carbocycles. The number of carbonyl (C=O) groups is 2. The summed E-state index contributed by atoms with van der Waals surface area (Å²) in [4.78, 5) is 27.6. The van der Waals surface area contributed by atoms with E-state index < -0.39 is 6.09 Å². The molecule has 2 unspecified atom stereocenters. The summed E-state index contributed by atoms with van der Waals surface area (Å²) >= 11 is 1.35. The predicted molar refractivity (Wildman–Crippen MR) is 127 cm³/mol. The Hall–Kier alpha value is -2.42. The Bertz CT molecular complexity index is 1070. The number of hydrogen-bond donors (Lipinski definition) is 2. The van der Waals surface area contributed by atoms with Crippen molar-refractivity contribution in [2.75, 3.05) is 5.32 Å². The molecule has 4 saturated carbocycles. The summed E-state index contributed by atoms with van der Waals surface area (Å²) in [5.41, 5.74) is 1.49. The summed E-state index contributed by atoms with van der Waals surface area (Å²) in [7, 11) is 0. The van der Waals surface area contributed by atoms with Gasteiger partial charge in [0.05, 0.1) is 23.3 Å². The molecular weight excluding hydrogens is 438 g/mol. The fourth-order valence-corrected chi connectivity index (χ4v) is 6.71. The van der Waals surface area contributed by atoms with Crippen molar-refractivity contribution in [1.29, 1.82) is 0 Å². The molecule has 2 N–H and O–H groups in total. The first-order chi connectivity index (χ1) is 15.5. The molecule has 0 radical (unpaired) electrons.